The Labute approximate surface area is 121 Å². The third-order valence-corrected chi connectivity index (χ3v) is 2.96. The molecule has 2 rings (SSSR count). The van der Waals surface area contributed by atoms with Crippen molar-refractivity contribution in [1.82, 2.24) is 0 Å². The van der Waals surface area contributed by atoms with Crippen molar-refractivity contribution in [1.29, 1.82) is 0 Å². The Morgan fingerprint density at radius 2 is 1.57 bits per heavy atom. The SMILES string of the molecule is O=C(O)COc1ccccc1C(C(=O)O)c1ccccc1. The molecule has 0 saturated heterocycles. The molecule has 0 aliphatic heterocycles. The van der Waals surface area contributed by atoms with Crippen molar-refractivity contribution < 1.29 is 24.5 Å². The topological polar surface area (TPSA) is 83.8 Å². The van der Waals surface area contributed by atoms with Crippen molar-refractivity contribution in [2.75, 3.05) is 6.61 Å². The van der Waals surface area contributed by atoms with Crippen LogP contribution < -0.4 is 4.74 Å². The van der Waals surface area contributed by atoms with Crippen LogP contribution >= 0.6 is 0 Å². The van der Waals surface area contributed by atoms with Crippen molar-refractivity contribution in [2.24, 2.45) is 0 Å². The molecule has 0 aliphatic rings. The van der Waals surface area contributed by atoms with Crippen LogP contribution in [0.3, 0.4) is 0 Å². The minimum absolute atomic E-state index is 0.260. The van der Waals surface area contributed by atoms with Gasteiger partial charge in [-0.1, -0.05) is 48.5 Å². The van der Waals surface area contributed by atoms with E-state index in [4.69, 9.17) is 9.84 Å². The fourth-order valence-corrected chi connectivity index (χ4v) is 2.09. The lowest BCUT2D eigenvalue weighted by Gasteiger charge is -2.17. The van der Waals surface area contributed by atoms with Crippen LogP contribution in [-0.2, 0) is 9.59 Å². The predicted octanol–water partition coefficient (Wildman–Crippen LogP) is 2.37. The number of para-hydroxylation sites is 1. The van der Waals surface area contributed by atoms with Crippen LogP contribution in [0.1, 0.15) is 17.0 Å². The van der Waals surface area contributed by atoms with Gasteiger partial charge in [-0.2, -0.15) is 0 Å². The largest absolute Gasteiger partial charge is 0.482 e. The third-order valence-electron chi connectivity index (χ3n) is 2.96. The van der Waals surface area contributed by atoms with Crippen LogP contribution in [0.2, 0.25) is 0 Å². The zero-order valence-corrected chi connectivity index (χ0v) is 11.1. The van der Waals surface area contributed by atoms with E-state index in [9.17, 15) is 14.7 Å². The molecule has 0 heterocycles. The van der Waals surface area contributed by atoms with E-state index in [1.165, 1.54) is 0 Å². The molecule has 2 N–H and O–H groups in total. The standard InChI is InChI=1S/C16H14O5/c17-14(18)10-21-13-9-5-4-8-12(13)15(16(19)20)11-6-2-1-3-7-11/h1-9,15H,10H2,(H,17,18)(H,19,20). The second-order valence-electron chi connectivity index (χ2n) is 4.40. The molecule has 0 spiro atoms. The van der Waals surface area contributed by atoms with Crippen molar-refractivity contribution in [3.63, 3.8) is 0 Å². The average molecular weight is 286 g/mol. The first-order valence-electron chi connectivity index (χ1n) is 6.31. The van der Waals surface area contributed by atoms with Gasteiger partial charge in [0.2, 0.25) is 0 Å². The smallest absolute Gasteiger partial charge is 0.341 e. The molecule has 1 atom stereocenters. The summed E-state index contributed by atoms with van der Waals surface area (Å²) in [5.74, 6) is -2.78. The van der Waals surface area contributed by atoms with E-state index in [1.807, 2.05) is 0 Å². The lowest BCUT2D eigenvalue weighted by molar-refractivity contribution is -0.139. The van der Waals surface area contributed by atoms with Gasteiger partial charge in [0, 0.05) is 5.56 Å². The van der Waals surface area contributed by atoms with Gasteiger partial charge in [0.15, 0.2) is 6.61 Å². The highest BCUT2D eigenvalue weighted by Gasteiger charge is 2.25. The molecular weight excluding hydrogens is 272 g/mol. The first-order chi connectivity index (χ1) is 10.1. The first-order valence-corrected chi connectivity index (χ1v) is 6.31. The van der Waals surface area contributed by atoms with Crippen LogP contribution in [0.15, 0.2) is 54.6 Å². The zero-order valence-electron chi connectivity index (χ0n) is 11.1. The molecule has 5 heteroatoms. The maximum Gasteiger partial charge on any atom is 0.341 e. The van der Waals surface area contributed by atoms with Crippen LogP contribution in [0.5, 0.6) is 5.75 Å². The second kappa shape index (κ2) is 6.56. The number of hydrogen-bond acceptors (Lipinski definition) is 3. The number of carboxylic acids is 2. The Bertz CT molecular complexity index is 636. The predicted molar refractivity (Wildman–Crippen MR) is 75.5 cm³/mol. The fourth-order valence-electron chi connectivity index (χ4n) is 2.09. The highest BCUT2D eigenvalue weighted by Crippen LogP contribution is 2.32. The highest BCUT2D eigenvalue weighted by atomic mass is 16.5. The van der Waals surface area contributed by atoms with E-state index >= 15 is 0 Å². The molecule has 0 radical (unpaired) electrons. The molecule has 0 aromatic heterocycles. The molecule has 21 heavy (non-hydrogen) atoms. The summed E-state index contributed by atoms with van der Waals surface area (Å²) >= 11 is 0. The molecule has 0 aliphatic carbocycles. The monoisotopic (exact) mass is 286 g/mol. The Morgan fingerprint density at radius 1 is 0.952 bits per heavy atom. The first kappa shape index (κ1) is 14.6. The minimum Gasteiger partial charge on any atom is -0.482 e. The number of carboxylic acid groups (broad SMARTS) is 2. The van der Waals surface area contributed by atoms with Gasteiger partial charge in [-0.3, -0.25) is 4.79 Å². The molecular formula is C16H14O5. The highest BCUT2D eigenvalue weighted by molar-refractivity contribution is 5.81. The van der Waals surface area contributed by atoms with E-state index in [0.29, 0.717) is 11.1 Å². The van der Waals surface area contributed by atoms with Gasteiger partial charge in [-0.05, 0) is 11.6 Å². The van der Waals surface area contributed by atoms with Gasteiger partial charge in [0.1, 0.15) is 11.7 Å². The van der Waals surface area contributed by atoms with Crippen LogP contribution in [0.4, 0.5) is 0 Å². The summed E-state index contributed by atoms with van der Waals surface area (Å²) in [6.45, 7) is -0.516. The number of benzene rings is 2. The lowest BCUT2D eigenvalue weighted by Crippen LogP contribution is -2.16. The number of carbonyl (C=O) groups is 2. The Morgan fingerprint density at radius 3 is 2.19 bits per heavy atom. The summed E-state index contributed by atoms with van der Waals surface area (Å²) in [6.07, 6.45) is 0. The number of aliphatic carboxylic acids is 2. The fraction of sp³-hybridized carbons (Fsp3) is 0.125. The summed E-state index contributed by atoms with van der Waals surface area (Å²) in [5.41, 5.74) is 1.04. The summed E-state index contributed by atoms with van der Waals surface area (Å²) in [6, 6.07) is 15.3. The number of hydrogen-bond donors (Lipinski definition) is 2. The molecule has 0 fully saturated rings. The normalized spacial score (nSPS) is 11.6. The van der Waals surface area contributed by atoms with Gasteiger partial charge >= 0.3 is 11.9 Å². The Hall–Kier alpha value is -2.82. The summed E-state index contributed by atoms with van der Waals surface area (Å²) < 4.78 is 5.19. The van der Waals surface area contributed by atoms with Gasteiger partial charge in [0.05, 0.1) is 0 Å². The maximum atomic E-state index is 11.6. The number of rotatable bonds is 6. The second-order valence-corrected chi connectivity index (χ2v) is 4.40. The van der Waals surface area contributed by atoms with E-state index in [-0.39, 0.29) is 5.75 Å². The van der Waals surface area contributed by atoms with E-state index < -0.39 is 24.5 Å². The molecule has 1 unspecified atom stereocenters. The van der Waals surface area contributed by atoms with Gasteiger partial charge in [0.25, 0.3) is 0 Å². The van der Waals surface area contributed by atoms with Gasteiger partial charge < -0.3 is 14.9 Å². The summed E-state index contributed by atoms with van der Waals surface area (Å²) in [5, 5.41) is 18.2. The summed E-state index contributed by atoms with van der Waals surface area (Å²) in [7, 11) is 0. The Balaban J connectivity index is 2.41. The summed E-state index contributed by atoms with van der Waals surface area (Å²) in [4.78, 5) is 22.2. The van der Waals surface area contributed by atoms with Gasteiger partial charge in [-0.25, -0.2) is 4.79 Å². The molecule has 2 aromatic rings. The molecule has 0 saturated carbocycles. The molecule has 2 aromatic carbocycles. The van der Waals surface area contributed by atoms with Crippen LogP contribution in [0.25, 0.3) is 0 Å². The van der Waals surface area contributed by atoms with E-state index in [0.717, 1.165) is 0 Å². The van der Waals surface area contributed by atoms with Crippen molar-refractivity contribution in [3.05, 3.63) is 65.7 Å². The molecule has 0 amide bonds. The maximum absolute atomic E-state index is 11.6. The third kappa shape index (κ3) is 3.60. The van der Waals surface area contributed by atoms with Crippen molar-refractivity contribution in [2.45, 2.75) is 5.92 Å². The number of ether oxygens (including phenoxy) is 1. The molecule has 5 nitrogen and oxygen atoms in total. The quantitative estimate of drug-likeness (QED) is 0.851. The lowest BCUT2D eigenvalue weighted by atomic mass is 9.91. The molecule has 108 valence electrons. The van der Waals surface area contributed by atoms with Crippen LogP contribution in [0, 0.1) is 0 Å². The zero-order chi connectivity index (χ0) is 15.2. The van der Waals surface area contributed by atoms with Crippen LogP contribution in [-0.4, -0.2) is 28.8 Å². The molecule has 0 bridgehead atoms. The van der Waals surface area contributed by atoms with Crippen molar-refractivity contribution in [3.8, 4) is 5.75 Å². The Kier molecular flexibility index (Phi) is 4.56. The minimum atomic E-state index is -1.11. The van der Waals surface area contributed by atoms with Crippen molar-refractivity contribution >= 4 is 11.9 Å². The average Bonchev–Trinajstić information content (AvgIpc) is 2.47. The van der Waals surface area contributed by atoms with E-state index in [1.54, 1.807) is 54.6 Å². The van der Waals surface area contributed by atoms with E-state index in [2.05, 4.69) is 0 Å². The van der Waals surface area contributed by atoms with Gasteiger partial charge in [-0.15, -0.1) is 0 Å².